The molecule has 0 aliphatic heterocycles. The van der Waals surface area contributed by atoms with Crippen LogP contribution in [0.5, 0.6) is 0 Å². The van der Waals surface area contributed by atoms with Gasteiger partial charge in [-0.05, 0) is 17.7 Å². The molecule has 0 aliphatic rings. The minimum absolute atomic E-state index is 0.0533. The molecule has 2 amide bonds. The maximum Gasteiger partial charge on any atom is 0.328 e. The molecule has 0 saturated heterocycles. The van der Waals surface area contributed by atoms with E-state index in [-0.39, 0.29) is 18.5 Å². The monoisotopic (exact) mass is 263 g/mol. The van der Waals surface area contributed by atoms with Gasteiger partial charge in [0.15, 0.2) is 0 Å². The van der Waals surface area contributed by atoms with Crippen molar-refractivity contribution >= 4 is 23.9 Å². The van der Waals surface area contributed by atoms with E-state index in [0.29, 0.717) is 5.56 Å². The number of aliphatic carboxylic acids is 1. The number of carboxylic acids is 1. The van der Waals surface area contributed by atoms with E-state index in [9.17, 15) is 14.4 Å². The van der Waals surface area contributed by atoms with E-state index in [4.69, 9.17) is 10.8 Å². The zero-order valence-electron chi connectivity index (χ0n) is 10.00. The fourth-order valence-corrected chi connectivity index (χ4v) is 1.24. The predicted molar refractivity (Wildman–Crippen MR) is 67.1 cm³/mol. The zero-order chi connectivity index (χ0) is 14.3. The molecule has 4 N–H and O–H groups in total. The summed E-state index contributed by atoms with van der Waals surface area (Å²) in [6, 6.07) is 1.49. The van der Waals surface area contributed by atoms with E-state index in [1.807, 2.05) is 0 Å². The Morgan fingerprint density at radius 3 is 2.74 bits per heavy atom. The van der Waals surface area contributed by atoms with Gasteiger partial charge in [-0.15, -0.1) is 0 Å². The summed E-state index contributed by atoms with van der Waals surface area (Å²) in [5, 5.41) is 11.0. The third-order valence-corrected chi connectivity index (χ3v) is 2.10. The number of primary amides is 1. The number of hydrogen-bond acceptors (Lipinski definition) is 4. The van der Waals surface area contributed by atoms with Gasteiger partial charge in [-0.1, -0.05) is 0 Å². The Bertz CT molecular complexity index is 525. The van der Waals surface area contributed by atoms with Crippen LogP contribution in [0.3, 0.4) is 0 Å². The Balaban J connectivity index is 2.67. The van der Waals surface area contributed by atoms with Gasteiger partial charge >= 0.3 is 5.97 Å². The second-order valence-electron chi connectivity index (χ2n) is 3.65. The first-order valence-corrected chi connectivity index (χ1v) is 5.41. The summed E-state index contributed by atoms with van der Waals surface area (Å²) >= 11 is 0. The summed E-state index contributed by atoms with van der Waals surface area (Å²) in [5.41, 5.74) is 5.71. The van der Waals surface area contributed by atoms with E-state index in [2.05, 4.69) is 10.3 Å². The Hall–Kier alpha value is -2.70. The van der Waals surface area contributed by atoms with Gasteiger partial charge in [0, 0.05) is 31.4 Å². The van der Waals surface area contributed by atoms with Gasteiger partial charge in [-0.3, -0.25) is 14.6 Å². The zero-order valence-corrected chi connectivity index (χ0v) is 10.00. The summed E-state index contributed by atoms with van der Waals surface area (Å²) < 4.78 is 0. The molecule has 0 bridgehead atoms. The van der Waals surface area contributed by atoms with Crippen molar-refractivity contribution in [3.63, 3.8) is 0 Å². The number of nitrogens with one attached hydrogen (secondary N) is 1. The van der Waals surface area contributed by atoms with E-state index < -0.39 is 17.8 Å². The maximum absolute atomic E-state index is 11.7. The van der Waals surface area contributed by atoms with Crippen molar-refractivity contribution in [1.82, 2.24) is 10.3 Å². The minimum atomic E-state index is -1.09. The summed E-state index contributed by atoms with van der Waals surface area (Å²) in [6.45, 7) is 0.142. The average Bonchev–Trinajstić information content (AvgIpc) is 2.36. The highest BCUT2D eigenvalue weighted by molar-refractivity contribution is 5.95. The van der Waals surface area contributed by atoms with Crippen molar-refractivity contribution in [2.75, 3.05) is 6.54 Å². The van der Waals surface area contributed by atoms with Crippen LogP contribution in [0.2, 0.25) is 0 Å². The molecule has 7 nitrogen and oxygen atoms in total. The average molecular weight is 263 g/mol. The van der Waals surface area contributed by atoms with Gasteiger partial charge in [-0.25, -0.2) is 4.79 Å². The Morgan fingerprint density at radius 2 is 2.11 bits per heavy atom. The normalized spacial score (nSPS) is 10.3. The van der Waals surface area contributed by atoms with Crippen LogP contribution >= 0.6 is 0 Å². The van der Waals surface area contributed by atoms with Crippen LogP contribution < -0.4 is 11.1 Å². The summed E-state index contributed by atoms with van der Waals surface area (Å²) in [6.07, 6.45) is 5.11. The molecule has 100 valence electrons. The second-order valence-corrected chi connectivity index (χ2v) is 3.65. The molecular formula is C12H13N3O4. The molecule has 0 fully saturated rings. The lowest BCUT2D eigenvalue weighted by molar-refractivity contribution is -0.131. The summed E-state index contributed by atoms with van der Waals surface area (Å²) in [4.78, 5) is 36.4. The number of pyridine rings is 1. The van der Waals surface area contributed by atoms with E-state index in [1.165, 1.54) is 24.5 Å². The van der Waals surface area contributed by atoms with Gasteiger partial charge in [0.2, 0.25) is 5.91 Å². The molecule has 0 spiro atoms. The molecule has 7 heteroatoms. The van der Waals surface area contributed by atoms with Crippen molar-refractivity contribution in [3.05, 3.63) is 35.7 Å². The Kier molecular flexibility index (Phi) is 5.21. The number of rotatable bonds is 6. The maximum atomic E-state index is 11.7. The highest BCUT2D eigenvalue weighted by Gasteiger charge is 2.06. The van der Waals surface area contributed by atoms with Crippen LogP contribution in [0.15, 0.2) is 24.5 Å². The predicted octanol–water partition coefficient (Wildman–Crippen LogP) is -0.215. The first-order valence-electron chi connectivity index (χ1n) is 5.41. The van der Waals surface area contributed by atoms with Crippen molar-refractivity contribution in [3.8, 4) is 0 Å². The lowest BCUT2D eigenvalue weighted by Crippen LogP contribution is -2.27. The molecule has 0 aliphatic carbocycles. The first-order chi connectivity index (χ1) is 8.99. The Labute approximate surface area is 109 Å². The third-order valence-electron chi connectivity index (χ3n) is 2.10. The lowest BCUT2D eigenvalue weighted by atomic mass is 10.2. The first kappa shape index (κ1) is 14.4. The fraction of sp³-hybridized carbons (Fsp3) is 0.167. The van der Waals surface area contributed by atoms with Crippen molar-refractivity contribution in [2.45, 2.75) is 6.42 Å². The minimum Gasteiger partial charge on any atom is -0.478 e. The second kappa shape index (κ2) is 6.90. The number of nitrogens with two attached hydrogens (primary N) is 1. The smallest absolute Gasteiger partial charge is 0.328 e. The van der Waals surface area contributed by atoms with Gasteiger partial charge < -0.3 is 16.2 Å². The fourth-order valence-electron chi connectivity index (χ4n) is 1.24. The number of carbonyl (C=O) groups excluding carboxylic acids is 2. The highest BCUT2D eigenvalue weighted by Crippen LogP contribution is 2.04. The number of carboxylic acid groups (broad SMARTS) is 1. The van der Waals surface area contributed by atoms with E-state index in [0.717, 1.165) is 6.08 Å². The molecular weight excluding hydrogens is 250 g/mol. The van der Waals surface area contributed by atoms with Gasteiger partial charge in [0.25, 0.3) is 5.91 Å². The van der Waals surface area contributed by atoms with Crippen LogP contribution in [0.1, 0.15) is 22.3 Å². The molecule has 0 saturated carbocycles. The Morgan fingerprint density at radius 1 is 1.37 bits per heavy atom. The molecule has 19 heavy (non-hydrogen) atoms. The molecule has 1 heterocycles. The molecule has 0 aromatic carbocycles. The standard InChI is InChI=1S/C12H13N3O4/c13-10(16)3-4-15-12(19)9-5-8(6-14-7-9)1-2-11(17)18/h1-2,5-7H,3-4H2,(H2,13,16)(H,15,19)(H,17,18). The highest BCUT2D eigenvalue weighted by atomic mass is 16.4. The molecule has 1 aromatic rings. The largest absolute Gasteiger partial charge is 0.478 e. The molecule has 0 radical (unpaired) electrons. The number of nitrogens with zero attached hydrogens (tertiary/aromatic N) is 1. The van der Waals surface area contributed by atoms with Gasteiger partial charge in [0.05, 0.1) is 5.56 Å². The number of amides is 2. The van der Waals surface area contributed by atoms with E-state index in [1.54, 1.807) is 0 Å². The lowest BCUT2D eigenvalue weighted by Gasteiger charge is -2.04. The third kappa shape index (κ3) is 5.44. The van der Waals surface area contributed by atoms with Crippen molar-refractivity contribution < 1.29 is 19.5 Å². The molecule has 1 rings (SSSR count). The molecule has 0 unspecified atom stereocenters. The van der Waals surface area contributed by atoms with Crippen molar-refractivity contribution in [1.29, 1.82) is 0 Å². The SMILES string of the molecule is NC(=O)CCNC(=O)c1cncc(C=CC(=O)O)c1. The van der Waals surface area contributed by atoms with Crippen LogP contribution in [0.4, 0.5) is 0 Å². The van der Waals surface area contributed by atoms with Crippen LogP contribution in [-0.4, -0.2) is 34.4 Å². The quantitative estimate of drug-likeness (QED) is 0.612. The van der Waals surface area contributed by atoms with Crippen LogP contribution in [-0.2, 0) is 9.59 Å². The van der Waals surface area contributed by atoms with E-state index >= 15 is 0 Å². The van der Waals surface area contributed by atoms with Gasteiger partial charge in [0.1, 0.15) is 0 Å². The number of hydrogen-bond donors (Lipinski definition) is 3. The summed E-state index contributed by atoms with van der Waals surface area (Å²) in [7, 11) is 0. The summed E-state index contributed by atoms with van der Waals surface area (Å²) in [5.74, 6) is -1.99. The number of carbonyl (C=O) groups is 3. The molecule has 1 aromatic heterocycles. The van der Waals surface area contributed by atoms with Crippen LogP contribution in [0, 0.1) is 0 Å². The molecule has 0 atom stereocenters. The number of aromatic nitrogens is 1. The van der Waals surface area contributed by atoms with Crippen LogP contribution in [0.25, 0.3) is 6.08 Å². The van der Waals surface area contributed by atoms with Crippen molar-refractivity contribution in [2.24, 2.45) is 5.73 Å². The van der Waals surface area contributed by atoms with Gasteiger partial charge in [-0.2, -0.15) is 0 Å². The topological polar surface area (TPSA) is 122 Å².